The van der Waals surface area contributed by atoms with Crippen LogP contribution in [0.3, 0.4) is 0 Å². The molecule has 1 aromatic heterocycles. The number of nitrogens with zero attached hydrogens (tertiary/aromatic N) is 3. The Labute approximate surface area is 101 Å². The van der Waals surface area contributed by atoms with Gasteiger partial charge in [0.2, 0.25) is 0 Å². The Morgan fingerprint density at radius 1 is 1.12 bits per heavy atom. The van der Waals surface area contributed by atoms with Crippen LogP contribution in [0.25, 0.3) is 0 Å². The van der Waals surface area contributed by atoms with E-state index >= 15 is 0 Å². The van der Waals surface area contributed by atoms with Crippen molar-refractivity contribution in [2.45, 2.75) is 39.0 Å². The van der Waals surface area contributed by atoms with Crippen LogP contribution >= 0.6 is 0 Å². The quantitative estimate of drug-likeness (QED) is 0.366. The van der Waals surface area contributed by atoms with E-state index < -0.39 is 0 Å². The number of hydrogen-bond acceptors (Lipinski definition) is 6. The molecule has 0 aliphatic rings. The fraction of sp³-hybridized carbons (Fsp3) is 0.700. The topological polar surface area (TPSA) is 117 Å². The smallest absolute Gasteiger partial charge is 0.321 e. The molecule has 0 bridgehead atoms. The molecule has 0 spiro atoms. The summed E-state index contributed by atoms with van der Waals surface area (Å²) in [6.45, 7) is 2.94. The fourth-order valence-electron chi connectivity index (χ4n) is 1.46. The molecule has 0 fully saturated rings. The molecule has 0 unspecified atom stereocenters. The number of hydrogen-bond donors (Lipinski definition) is 3. The Kier molecular flexibility index (Phi) is 5.25. The van der Waals surface area contributed by atoms with Gasteiger partial charge in [0, 0.05) is 6.54 Å². The lowest BCUT2D eigenvalue weighted by Gasteiger charge is -2.09. The first-order valence-corrected chi connectivity index (χ1v) is 5.91. The van der Waals surface area contributed by atoms with Crippen molar-refractivity contribution in [3.63, 3.8) is 0 Å². The van der Waals surface area contributed by atoms with Crippen LogP contribution in [0.15, 0.2) is 0 Å². The molecule has 7 heteroatoms. The highest BCUT2D eigenvalue weighted by atomic mass is 16.5. The highest BCUT2D eigenvalue weighted by molar-refractivity contribution is 5.31. The zero-order valence-electron chi connectivity index (χ0n) is 10.1. The molecule has 1 heterocycles. The van der Waals surface area contributed by atoms with E-state index in [4.69, 9.17) is 11.5 Å². The van der Waals surface area contributed by atoms with Crippen LogP contribution in [0.1, 0.15) is 39.0 Å². The average molecular weight is 240 g/mol. The highest BCUT2D eigenvalue weighted by Crippen LogP contribution is 2.04. The van der Waals surface area contributed by atoms with Crippen LogP contribution in [0.4, 0.5) is 17.8 Å². The zero-order valence-corrected chi connectivity index (χ0v) is 10.1. The van der Waals surface area contributed by atoms with Gasteiger partial charge in [-0.2, -0.15) is 0 Å². The third kappa shape index (κ3) is 4.29. The van der Waals surface area contributed by atoms with Gasteiger partial charge in [-0.25, -0.2) is 4.73 Å². The molecule has 96 valence electrons. The monoisotopic (exact) mass is 240 g/mol. The maximum absolute atomic E-state index is 11.1. The highest BCUT2D eigenvalue weighted by Gasteiger charge is 2.09. The predicted molar refractivity (Wildman–Crippen MR) is 67.1 cm³/mol. The van der Waals surface area contributed by atoms with Crippen molar-refractivity contribution in [1.29, 1.82) is 0 Å². The second kappa shape index (κ2) is 6.72. The first-order chi connectivity index (χ1) is 8.15. The van der Waals surface area contributed by atoms with Crippen molar-refractivity contribution in [3.8, 4) is 0 Å². The molecular formula is C10H20N6O. The van der Waals surface area contributed by atoms with E-state index in [9.17, 15) is 5.21 Å². The van der Waals surface area contributed by atoms with Gasteiger partial charge >= 0.3 is 17.8 Å². The number of nitrogens with one attached hydrogen (secondary N) is 1. The molecule has 1 aromatic rings. The fourth-order valence-corrected chi connectivity index (χ4v) is 1.46. The van der Waals surface area contributed by atoms with Crippen molar-refractivity contribution in [3.05, 3.63) is 5.21 Å². The molecule has 0 saturated carbocycles. The number of rotatable bonds is 7. The summed E-state index contributed by atoms with van der Waals surface area (Å²) in [6.07, 6.45) is 5.93. The van der Waals surface area contributed by atoms with E-state index in [1.54, 1.807) is 0 Å². The maximum Gasteiger partial charge on any atom is 0.321 e. The molecule has 0 amide bonds. The van der Waals surface area contributed by atoms with Gasteiger partial charge in [0.1, 0.15) is 0 Å². The summed E-state index contributed by atoms with van der Waals surface area (Å²) >= 11 is 0. The summed E-state index contributed by atoms with van der Waals surface area (Å²) in [5.41, 5.74) is 10.7. The normalized spacial score (nSPS) is 10.4. The molecule has 7 nitrogen and oxygen atoms in total. The van der Waals surface area contributed by atoms with Gasteiger partial charge in [-0.05, 0) is 6.42 Å². The summed E-state index contributed by atoms with van der Waals surface area (Å²) in [4.78, 5) is 7.59. The lowest BCUT2D eigenvalue weighted by Crippen LogP contribution is -2.37. The molecular weight excluding hydrogens is 220 g/mol. The third-order valence-corrected chi connectivity index (χ3v) is 2.42. The van der Waals surface area contributed by atoms with E-state index in [2.05, 4.69) is 22.2 Å². The minimum atomic E-state index is -0.189. The van der Waals surface area contributed by atoms with E-state index in [0.717, 1.165) is 13.0 Å². The van der Waals surface area contributed by atoms with Crippen molar-refractivity contribution in [1.82, 2.24) is 9.97 Å². The zero-order chi connectivity index (χ0) is 12.7. The molecule has 0 aliphatic carbocycles. The van der Waals surface area contributed by atoms with Gasteiger partial charge in [-0.15, -0.1) is 0 Å². The van der Waals surface area contributed by atoms with Crippen LogP contribution in [0, 0.1) is 5.21 Å². The molecule has 5 N–H and O–H groups in total. The minimum absolute atomic E-state index is 0.189. The summed E-state index contributed by atoms with van der Waals surface area (Å²) < 4.78 is 0.298. The lowest BCUT2D eigenvalue weighted by molar-refractivity contribution is -0.579. The van der Waals surface area contributed by atoms with Gasteiger partial charge in [0.05, 0.1) is 0 Å². The van der Waals surface area contributed by atoms with Crippen LogP contribution in [-0.4, -0.2) is 16.5 Å². The van der Waals surface area contributed by atoms with Crippen LogP contribution in [0.5, 0.6) is 0 Å². The van der Waals surface area contributed by atoms with E-state index in [-0.39, 0.29) is 11.9 Å². The Hall–Kier alpha value is -1.79. The van der Waals surface area contributed by atoms with Gasteiger partial charge in [0.25, 0.3) is 0 Å². The number of anilines is 3. The largest absolute Gasteiger partial charge is 0.762 e. The Morgan fingerprint density at radius 3 is 2.29 bits per heavy atom. The molecule has 0 aromatic carbocycles. The van der Waals surface area contributed by atoms with E-state index in [1.807, 2.05) is 0 Å². The molecule has 0 radical (unpaired) electrons. The van der Waals surface area contributed by atoms with Crippen LogP contribution in [0.2, 0.25) is 0 Å². The van der Waals surface area contributed by atoms with Gasteiger partial charge in [-0.1, -0.05) is 42.6 Å². The van der Waals surface area contributed by atoms with Crippen molar-refractivity contribution < 1.29 is 4.73 Å². The second-order valence-corrected chi connectivity index (χ2v) is 3.90. The van der Waals surface area contributed by atoms with Gasteiger partial charge in [-0.3, -0.25) is 0 Å². The first-order valence-electron chi connectivity index (χ1n) is 5.91. The summed E-state index contributed by atoms with van der Waals surface area (Å²) in [7, 11) is 0. The van der Waals surface area contributed by atoms with Gasteiger partial charge < -0.3 is 22.0 Å². The Balaban J connectivity index is 2.32. The van der Waals surface area contributed by atoms with Crippen molar-refractivity contribution in [2.75, 3.05) is 23.3 Å². The van der Waals surface area contributed by atoms with E-state index in [0.29, 0.717) is 10.7 Å². The predicted octanol–water partition coefficient (Wildman–Crippen LogP) is 0.657. The lowest BCUT2D eigenvalue weighted by atomic mass is 10.1. The second-order valence-electron chi connectivity index (χ2n) is 3.90. The molecule has 1 rings (SSSR count). The summed E-state index contributed by atoms with van der Waals surface area (Å²) in [6, 6.07) is 0. The summed E-state index contributed by atoms with van der Waals surface area (Å²) in [5.74, 6) is -0.0699. The number of nitrogens with two attached hydrogens (primary N) is 2. The first kappa shape index (κ1) is 13.3. The Bertz CT molecular complexity index is 334. The molecule has 0 atom stereocenters. The van der Waals surface area contributed by atoms with Crippen molar-refractivity contribution >= 4 is 17.8 Å². The molecule has 17 heavy (non-hydrogen) atoms. The van der Waals surface area contributed by atoms with Crippen molar-refractivity contribution in [2.24, 2.45) is 0 Å². The van der Waals surface area contributed by atoms with Crippen LogP contribution < -0.4 is 21.5 Å². The van der Waals surface area contributed by atoms with Gasteiger partial charge in [0.15, 0.2) is 0 Å². The summed E-state index contributed by atoms with van der Waals surface area (Å²) in [5, 5.41) is 14.1. The third-order valence-electron chi connectivity index (χ3n) is 2.42. The number of nitrogen functional groups attached to an aromatic ring is 2. The molecule has 0 aliphatic heterocycles. The Morgan fingerprint density at radius 2 is 1.71 bits per heavy atom. The SMILES string of the molecule is CCCCCCCNc1nc(N)[n+]([O-])c(N)n1. The number of unbranched alkanes of at least 4 members (excludes halogenated alkanes) is 4. The molecule has 0 saturated heterocycles. The number of aromatic nitrogens is 3. The average Bonchev–Trinajstić information content (AvgIpc) is 2.30. The maximum atomic E-state index is 11.1. The van der Waals surface area contributed by atoms with E-state index in [1.165, 1.54) is 25.7 Å². The minimum Gasteiger partial charge on any atom is -0.762 e. The van der Waals surface area contributed by atoms with Crippen LogP contribution in [-0.2, 0) is 0 Å². The standard InChI is InChI=1S/C10H20N6O/c1-2-3-4-5-6-7-13-10-14-8(11)16(17)9(12)15-10/h2-7H2,1H3,(H5,11,12,13,14,15).